The van der Waals surface area contributed by atoms with E-state index < -0.39 is 16.2 Å². The summed E-state index contributed by atoms with van der Waals surface area (Å²) in [4.78, 5) is 0. The van der Waals surface area contributed by atoms with Crippen molar-refractivity contribution in [3.63, 3.8) is 0 Å². The second kappa shape index (κ2) is 3.06. The first-order valence-electron chi connectivity index (χ1n) is 3.13. The smallest absolute Gasteiger partial charge is 0.264 e. The van der Waals surface area contributed by atoms with E-state index in [2.05, 4.69) is 4.18 Å². The van der Waals surface area contributed by atoms with Crippen molar-refractivity contribution in [1.82, 2.24) is 0 Å². The minimum Gasteiger partial charge on any atom is -0.388 e. The Labute approximate surface area is 65.0 Å². The number of aliphatic hydroxyl groups excluding tert-OH is 1. The van der Waals surface area contributed by atoms with E-state index in [0.717, 1.165) is 6.26 Å². The Bertz CT molecular complexity index is 217. The third-order valence-corrected chi connectivity index (χ3v) is 1.81. The maximum absolute atomic E-state index is 10.4. The second-order valence-corrected chi connectivity index (χ2v) is 4.07. The molecule has 0 aromatic heterocycles. The fraction of sp³-hybridized carbons (Fsp3) is 1.00. The molecule has 1 aliphatic rings. The molecule has 6 heteroatoms. The van der Waals surface area contributed by atoms with Gasteiger partial charge in [-0.05, 0) is 0 Å². The normalized spacial score (nSPS) is 26.5. The van der Waals surface area contributed by atoms with Crippen molar-refractivity contribution >= 4 is 10.1 Å². The third-order valence-electron chi connectivity index (χ3n) is 1.24. The topological polar surface area (TPSA) is 76.1 Å². The number of ether oxygens (including phenoxy) is 1. The van der Waals surface area contributed by atoms with Gasteiger partial charge < -0.3 is 9.84 Å². The van der Waals surface area contributed by atoms with Gasteiger partial charge in [0.05, 0.1) is 19.5 Å². The third kappa shape index (κ3) is 3.66. The fourth-order valence-corrected chi connectivity index (χ4v) is 0.965. The molecule has 1 aliphatic heterocycles. The molecule has 5 nitrogen and oxygen atoms in total. The predicted octanol–water partition coefficient (Wildman–Crippen LogP) is -1.28. The Balaban J connectivity index is 2.21. The zero-order valence-corrected chi connectivity index (χ0v) is 6.87. The van der Waals surface area contributed by atoms with Crippen molar-refractivity contribution in [3.05, 3.63) is 0 Å². The molecule has 1 N–H and O–H groups in total. The average molecular weight is 182 g/mol. The van der Waals surface area contributed by atoms with Gasteiger partial charge in [-0.3, -0.25) is 4.18 Å². The molecule has 0 aromatic rings. The molecule has 11 heavy (non-hydrogen) atoms. The van der Waals surface area contributed by atoms with Gasteiger partial charge in [-0.15, -0.1) is 0 Å². The summed E-state index contributed by atoms with van der Waals surface area (Å²) in [5.74, 6) is 0. The molecule has 0 spiro atoms. The molecule has 1 fully saturated rings. The molecular formula is C5H10O5S. The SMILES string of the molecule is CS(=O)(=O)OCC(O)C1CO1. The average Bonchev–Trinajstić information content (AvgIpc) is 2.61. The molecule has 66 valence electrons. The van der Waals surface area contributed by atoms with Gasteiger partial charge in [-0.1, -0.05) is 0 Å². The van der Waals surface area contributed by atoms with E-state index in [0.29, 0.717) is 6.61 Å². The molecule has 0 amide bonds. The van der Waals surface area contributed by atoms with E-state index in [1.807, 2.05) is 0 Å². The molecule has 0 radical (unpaired) electrons. The van der Waals surface area contributed by atoms with Gasteiger partial charge in [0.2, 0.25) is 0 Å². The van der Waals surface area contributed by atoms with Gasteiger partial charge in [0, 0.05) is 0 Å². The molecule has 2 unspecified atom stereocenters. The van der Waals surface area contributed by atoms with Crippen LogP contribution in [0.25, 0.3) is 0 Å². The number of rotatable bonds is 4. The first-order chi connectivity index (χ1) is 4.99. The predicted molar refractivity (Wildman–Crippen MR) is 36.5 cm³/mol. The van der Waals surface area contributed by atoms with Crippen molar-refractivity contribution < 1.29 is 22.4 Å². The monoisotopic (exact) mass is 182 g/mol. The fourth-order valence-electron chi connectivity index (χ4n) is 0.578. The van der Waals surface area contributed by atoms with Crippen molar-refractivity contribution in [2.24, 2.45) is 0 Å². The second-order valence-electron chi connectivity index (χ2n) is 2.43. The summed E-state index contributed by atoms with van der Waals surface area (Å²) < 4.78 is 29.9. The molecule has 1 rings (SSSR count). The van der Waals surface area contributed by atoms with Crippen LogP contribution in [-0.2, 0) is 19.0 Å². The van der Waals surface area contributed by atoms with Crippen LogP contribution in [0.3, 0.4) is 0 Å². The summed E-state index contributed by atoms with van der Waals surface area (Å²) in [6.07, 6.45) is -0.130. The lowest BCUT2D eigenvalue weighted by Crippen LogP contribution is -2.23. The molecule has 0 bridgehead atoms. The minimum absolute atomic E-state index is 0.219. The molecule has 1 saturated heterocycles. The summed E-state index contributed by atoms with van der Waals surface area (Å²) in [5, 5.41) is 9.04. The maximum Gasteiger partial charge on any atom is 0.264 e. The number of epoxide rings is 1. The zero-order valence-electron chi connectivity index (χ0n) is 6.06. The van der Waals surface area contributed by atoms with Crippen molar-refractivity contribution in [2.75, 3.05) is 19.5 Å². The highest BCUT2D eigenvalue weighted by molar-refractivity contribution is 7.85. The van der Waals surface area contributed by atoms with E-state index in [1.54, 1.807) is 0 Å². The lowest BCUT2D eigenvalue weighted by Gasteiger charge is -2.05. The Morgan fingerprint density at radius 2 is 2.36 bits per heavy atom. The Hall–Kier alpha value is -0.170. The first-order valence-corrected chi connectivity index (χ1v) is 4.95. The van der Waals surface area contributed by atoms with Crippen LogP contribution in [0.15, 0.2) is 0 Å². The van der Waals surface area contributed by atoms with Gasteiger partial charge in [-0.2, -0.15) is 8.42 Å². The Kier molecular flexibility index (Phi) is 2.48. The maximum atomic E-state index is 10.4. The summed E-state index contributed by atoms with van der Waals surface area (Å²) in [6, 6.07) is 0. The first kappa shape index (κ1) is 8.92. The molecule has 2 atom stereocenters. The van der Waals surface area contributed by atoms with Crippen LogP contribution in [0.5, 0.6) is 0 Å². The lowest BCUT2D eigenvalue weighted by atomic mass is 10.3. The molecule has 0 aliphatic carbocycles. The molecule has 0 aromatic carbocycles. The molecule has 1 heterocycles. The van der Waals surface area contributed by atoms with Crippen molar-refractivity contribution in [1.29, 1.82) is 0 Å². The van der Waals surface area contributed by atoms with Gasteiger partial charge in [-0.25, -0.2) is 0 Å². The van der Waals surface area contributed by atoms with Crippen LogP contribution in [0.2, 0.25) is 0 Å². The van der Waals surface area contributed by atoms with Gasteiger partial charge in [0.1, 0.15) is 12.2 Å². The summed E-state index contributed by atoms with van der Waals surface area (Å²) in [7, 11) is -3.44. The van der Waals surface area contributed by atoms with Crippen LogP contribution in [0, 0.1) is 0 Å². The lowest BCUT2D eigenvalue weighted by molar-refractivity contribution is 0.0840. The van der Waals surface area contributed by atoms with E-state index >= 15 is 0 Å². The van der Waals surface area contributed by atoms with Crippen molar-refractivity contribution in [2.45, 2.75) is 12.2 Å². The van der Waals surface area contributed by atoms with Crippen LogP contribution in [0.1, 0.15) is 0 Å². The number of aliphatic hydroxyl groups is 1. The Morgan fingerprint density at radius 3 is 2.73 bits per heavy atom. The van der Waals surface area contributed by atoms with Crippen LogP contribution >= 0.6 is 0 Å². The van der Waals surface area contributed by atoms with Crippen LogP contribution < -0.4 is 0 Å². The van der Waals surface area contributed by atoms with E-state index in [4.69, 9.17) is 9.84 Å². The van der Waals surface area contributed by atoms with E-state index in [-0.39, 0.29) is 12.7 Å². The largest absolute Gasteiger partial charge is 0.388 e. The van der Waals surface area contributed by atoms with Gasteiger partial charge >= 0.3 is 0 Å². The number of hydrogen-bond donors (Lipinski definition) is 1. The number of hydrogen-bond acceptors (Lipinski definition) is 5. The summed E-state index contributed by atoms with van der Waals surface area (Å²) >= 11 is 0. The zero-order chi connectivity index (χ0) is 8.48. The molecule has 0 saturated carbocycles. The Morgan fingerprint density at radius 1 is 1.82 bits per heavy atom. The summed E-state index contributed by atoms with van der Waals surface area (Å²) in [5.41, 5.74) is 0. The highest BCUT2D eigenvalue weighted by Crippen LogP contribution is 2.14. The highest BCUT2D eigenvalue weighted by Gasteiger charge is 2.31. The van der Waals surface area contributed by atoms with Crippen molar-refractivity contribution in [3.8, 4) is 0 Å². The van der Waals surface area contributed by atoms with E-state index in [1.165, 1.54) is 0 Å². The van der Waals surface area contributed by atoms with Gasteiger partial charge in [0.15, 0.2) is 0 Å². The summed E-state index contributed by atoms with van der Waals surface area (Å²) in [6.45, 7) is 0.262. The van der Waals surface area contributed by atoms with Crippen LogP contribution in [-0.4, -0.2) is 45.2 Å². The standard InChI is InChI=1S/C5H10O5S/c1-11(7,8)10-2-4(6)5-3-9-5/h4-6H,2-3H2,1H3. The quantitative estimate of drug-likeness (QED) is 0.433. The van der Waals surface area contributed by atoms with Gasteiger partial charge in [0.25, 0.3) is 10.1 Å². The van der Waals surface area contributed by atoms with Crippen LogP contribution in [0.4, 0.5) is 0 Å². The minimum atomic E-state index is -3.44. The highest BCUT2D eigenvalue weighted by atomic mass is 32.2. The molecular weight excluding hydrogens is 172 g/mol. The van der Waals surface area contributed by atoms with E-state index in [9.17, 15) is 8.42 Å².